The quantitative estimate of drug-likeness (QED) is 0.893. The highest BCUT2D eigenvalue weighted by atomic mass is 16.4. The minimum absolute atomic E-state index is 0.0716. The first-order valence-electron chi connectivity index (χ1n) is 6.51. The third-order valence-electron chi connectivity index (χ3n) is 3.14. The van der Waals surface area contributed by atoms with Gasteiger partial charge in [0.1, 0.15) is 0 Å². The maximum Gasteiger partial charge on any atom is 0.422 e. The van der Waals surface area contributed by atoms with Crippen LogP contribution in [-0.2, 0) is 25.8 Å². The molecule has 0 bridgehead atoms. The standard InChI is InChI=1S/C14H18N2O3/c1-3-10-5-6-11(15-9-10)7-8-16-13(17)12(4-2)19-14(16)18/h5-6,9,17H,3-4,7-8H2,1-2H3. The van der Waals surface area contributed by atoms with Crippen LogP contribution in [0.3, 0.4) is 0 Å². The van der Waals surface area contributed by atoms with Gasteiger partial charge in [-0.1, -0.05) is 19.9 Å². The van der Waals surface area contributed by atoms with Crippen molar-refractivity contribution in [3.05, 3.63) is 45.9 Å². The fourth-order valence-corrected chi connectivity index (χ4v) is 1.91. The molecule has 1 N–H and O–H groups in total. The second kappa shape index (κ2) is 5.73. The molecule has 0 fully saturated rings. The lowest BCUT2D eigenvalue weighted by atomic mass is 10.2. The molecule has 19 heavy (non-hydrogen) atoms. The number of aromatic nitrogens is 2. The van der Waals surface area contributed by atoms with Crippen molar-refractivity contribution in [2.45, 2.75) is 39.7 Å². The van der Waals surface area contributed by atoms with E-state index in [4.69, 9.17) is 4.42 Å². The smallest absolute Gasteiger partial charge is 0.422 e. The van der Waals surface area contributed by atoms with Crippen LogP contribution in [0.25, 0.3) is 0 Å². The highest BCUT2D eigenvalue weighted by molar-refractivity contribution is 5.16. The lowest BCUT2D eigenvalue weighted by Gasteiger charge is -2.03. The predicted octanol–water partition coefficient (Wildman–Crippen LogP) is 1.91. The van der Waals surface area contributed by atoms with Gasteiger partial charge in [-0.3, -0.25) is 4.98 Å². The Morgan fingerprint density at radius 2 is 2.11 bits per heavy atom. The Morgan fingerprint density at radius 3 is 2.63 bits per heavy atom. The number of pyridine rings is 1. The lowest BCUT2D eigenvalue weighted by molar-refractivity contribution is 0.407. The third kappa shape index (κ3) is 2.86. The Labute approximate surface area is 111 Å². The summed E-state index contributed by atoms with van der Waals surface area (Å²) in [5.41, 5.74) is 2.07. The molecule has 0 aliphatic rings. The zero-order valence-electron chi connectivity index (χ0n) is 11.2. The van der Waals surface area contributed by atoms with Gasteiger partial charge in [-0.2, -0.15) is 0 Å². The molecule has 0 aliphatic heterocycles. The summed E-state index contributed by atoms with van der Waals surface area (Å²) >= 11 is 0. The van der Waals surface area contributed by atoms with Gasteiger partial charge in [-0.05, 0) is 18.1 Å². The van der Waals surface area contributed by atoms with E-state index in [0.29, 0.717) is 25.1 Å². The Morgan fingerprint density at radius 1 is 1.32 bits per heavy atom. The van der Waals surface area contributed by atoms with Gasteiger partial charge >= 0.3 is 5.76 Å². The molecule has 2 aromatic rings. The van der Waals surface area contributed by atoms with Gasteiger partial charge in [-0.15, -0.1) is 0 Å². The average Bonchev–Trinajstić information content (AvgIpc) is 2.72. The minimum atomic E-state index is -0.514. The molecule has 0 saturated heterocycles. The van der Waals surface area contributed by atoms with Crippen LogP contribution in [0.2, 0.25) is 0 Å². The SMILES string of the molecule is CCc1ccc(CCn2c(O)c(CC)oc2=O)nc1. The summed E-state index contributed by atoms with van der Waals surface area (Å²) in [7, 11) is 0. The predicted molar refractivity (Wildman–Crippen MR) is 71.3 cm³/mol. The molecule has 2 aromatic heterocycles. The molecule has 5 heteroatoms. The molecule has 102 valence electrons. The van der Waals surface area contributed by atoms with Crippen LogP contribution in [-0.4, -0.2) is 14.7 Å². The summed E-state index contributed by atoms with van der Waals surface area (Å²) in [6.07, 6.45) is 3.87. The van der Waals surface area contributed by atoms with E-state index in [9.17, 15) is 9.90 Å². The third-order valence-corrected chi connectivity index (χ3v) is 3.14. The minimum Gasteiger partial charge on any atom is -0.492 e. The lowest BCUT2D eigenvalue weighted by Crippen LogP contribution is -2.15. The van der Waals surface area contributed by atoms with E-state index in [2.05, 4.69) is 11.9 Å². The molecule has 0 spiro atoms. The van der Waals surface area contributed by atoms with Gasteiger partial charge in [0.15, 0.2) is 5.76 Å². The molecule has 0 unspecified atom stereocenters. The summed E-state index contributed by atoms with van der Waals surface area (Å²) in [4.78, 5) is 15.9. The molecule has 2 rings (SSSR count). The number of hydrogen-bond donors (Lipinski definition) is 1. The molecule has 0 saturated carbocycles. The largest absolute Gasteiger partial charge is 0.492 e. The molecular formula is C14H18N2O3. The maximum atomic E-state index is 11.6. The van der Waals surface area contributed by atoms with E-state index in [1.165, 1.54) is 10.1 Å². The number of aromatic hydroxyl groups is 1. The number of hydrogen-bond acceptors (Lipinski definition) is 4. The molecule has 5 nitrogen and oxygen atoms in total. The molecular weight excluding hydrogens is 244 g/mol. The van der Waals surface area contributed by atoms with Crippen molar-refractivity contribution >= 4 is 0 Å². The first-order valence-corrected chi connectivity index (χ1v) is 6.51. The summed E-state index contributed by atoms with van der Waals surface area (Å²) in [5, 5.41) is 9.82. The van der Waals surface area contributed by atoms with Gasteiger partial charge < -0.3 is 9.52 Å². The normalized spacial score (nSPS) is 10.8. The van der Waals surface area contributed by atoms with Gasteiger partial charge in [0.05, 0.1) is 0 Å². The van der Waals surface area contributed by atoms with Crippen molar-refractivity contribution in [2.75, 3.05) is 0 Å². The monoisotopic (exact) mass is 262 g/mol. The molecule has 0 aliphatic carbocycles. The first kappa shape index (κ1) is 13.4. The van der Waals surface area contributed by atoms with E-state index in [0.717, 1.165) is 12.1 Å². The molecule has 2 heterocycles. The van der Waals surface area contributed by atoms with Crippen molar-refractivity contribution in [1.82, 2.24) is 9.55 Å². The van der Waals surface area contributed by atoms with Crippen LogP contribution < -0.4 is 5.76 Å². The van der Waals surface area contributed by atoms with Gasteiger partial charge in [0.2, 0.25) is 5.88 Å². The van der Waals surface area contributed by atoms with E-state index in [-0.39, 0.29) is 5.88 Å². The summed E-state index contributed by atoms with van der Waals surface area (Å²) < 4.78 is 6.20. The maximum absolute atomic E-state index is 11.6. The van der Waals surface area contributed by atoms with Crippen LogP contribution in [0.1, 0.15) is 30.9 Å². The van der Waals surface area contributed by atoms with Gasteiger partial charge in [0.25, 0.3) is 0 Å². The van der Waals surface area contributed by atoms with Crippen molar-refractivity contribution in [3.63, 3.8) is 0 Å². The highest BCUT2D eigenvalue weighted by Gasteiger charge is 2.13. The van der Waals surface area contributed by atoms with Crippen molar-refractivity contribution in [1.29, 1.82) is 0 Å². The average molecular weight is 262 g/mol. The van der Waals surface area contributed by atoms with Gasteiger partial charge in [0, 0.05) is 31.3 Å². The molecule has 0 aromatic carbocycles. The number of rotatable bonds is 5. The van der Waals surface area contributed by atoms with Crippen LogP contribution in [0, 0.1) is 0 Å². The summed E-state index contributed by atoms with van der Waals surface area (Å²) in [5.74, 6) is -0.253. The van der Waals surface area contributed by atoms with Crippen LogP contribution in [0.5, 0.6) is 5.88 Å². The fourth-order valence-electron chi connectivity index (χ4n) is 1.91. The number of aryl methyl sites for hydroxylation is 3. The molecule has 0 radical (unpaired) electrons. The topological polar surface area (TPSA) is 68.3 Å². The number of oxazole rings is 1. The zero-order valence-corrected chi connectivity index (χ0v) is 11.2. The summed E-state index contributed by atoms with van der Waals surface area (Å²) in [6, 6.07) is 3.97. The van der Waals surface area contributed by atoms with Crippen LogP contribution in [0.15, 0.2) is 27.5 Å². The second-order valence-corrected chi connectivity index (χ2v) is 4.38. The second-order valence-electron chi connectivity index (χ2n) is 4.38. The van der Waals surface area contributed by atoms with Gasteiger partial charge in [-0.25, -0.2) is 9.36 Å². The van der Waals surface area contributed by atoms with Crippen molar-refractivity contribution in [3.8, 4) is 5.88 Å². The van der Waals surface area contributed by atoms with Crippen LogP contribution >= 0.6 is 0 Å². The van der Waals surface area contributed by atoms with Crippen molar-refractivity contribution in [2.24, 2.45) is 0 Å². The van der Waals surface area contributed by atoms with Crippen molar-refractivity contribution < 1.29 is 9.52 Å². The van der Waals surface area contributed by atoms with E-state index < -0.39 is 5.76 Å². The van der Waals surface area contributed by atoms with E-state index in [1.54, 1.807) is 0 Å². The molecule has 0 amide bonds. The Hall–Kier alpha value is -2.04. The highest BCUT2D eigenvalue weighted by Crippen LogP contribution is 2.16. The molecule has 0 atom stereocenters. The Balaban J connectivity index is 2.09. The summed E-state index contributed by atoms with van der Waals surface area (Å²) in [6.45, 7) is 4.27. The van der Waals surface area contributed by atoms with Crippen LogP contribution in [0.4, 0.5) is 0 Å². The first-order chi connectivity index (χ1) is 9.15. The fraction of sp³-hybridized carbons (Fsp3) is 0.429. The zero-order chi connectivity index (χ0) is 13.8. The van der Waals surface area contributed by atoms with E-state index in [1.807, 2.05) is 25.3 Å². The number of nitrogens with zero attached hydrogens (tertiary/aromatic N) is 2. The van der Waals surface area contributed by atoms with E-state index >= 15 is 0 Å². The Bertz CT molecular complexity index is 596. The Kier molecular flexibility index (Phi) is 4.04.